The van der Waals surface area contributed by atoms with Crippen molar-refractivity contribution < 1.29 is 0 Å². The second-order valence-corrected chi connectivity index (χ2v) is 5.73. The smallest absolute Gasteiger partial charge is 0.0946 e. The molecular formula is C16H25N. The average Bonchev–Trinajstić information content (AvgIpc) is 2.29. The van der Waals surface area contributed by atoms with Crippen molar-refractivity contribution >= 4 is 0 Å². The second kappa shape index (κ2) is 6.64. The van der Waals surface area contributed by atoms with Crippen molar-refractivity contribution in [2.24, 2.45) is 5.41 Å². The van der Waals surface area contributed by atoms with Crippen LogP contribution in [0.4, 0.5) is 0 Å². The van der Waals surface area contributed by atoms with Gasteiger partial charge in [-0.3, -0.25) is 0 Å². The Morgan fingerprint density at radius 1 is 1.12 bits per heavy atom. The lowest BCUT2D eigenvalue weighted by molar-refractivity contribution is 0.446. The van der Waals surface area contributed by atoms with Crippen LogP contribution in [0.5, 0.6) is 0 Å². The lowest BCUT2D eigenvalue weighted by Crippen LogP contribution is -2.14. The first-order chi connectivity index (χ1) is 8.08. The third kappa shape index (κ3) is 4.38. The second-order valence-electron chi connectivity index (χ2n) is 5.73. The predicted octanol–water partition coefficient (Wildman–Crippen LogP) is 5.15. The number of nitrogens with zero attached hydrogens (tertiary/aromatic N) is 1. The Bertz CT molecular complexity index is 339. The molecule has 1 heteroatoms. The molecule has 0 aromatic heterocycles. The van der Waals surface area contributed by atoms with Crippen LogP contribution in [0, 0.1) is 16.7 Å². The summed E-state index contributed by atoms with van der Waals surface area (Å²) in [6, 6.07) is 2.42. The minimum absolute atomic E-state index is 0.126. The van der Waals surface area contributed by atoms with Crippen LogP contribution in [0.25, 0.3) is 0 Å². The van der Waals surface area contributed by atoms with Gasteiger partial charge in [0.05, 0.1) is 6.07 Å². The summed E-state index contributed by atoms with van der Waals surface area (Å²) in [6.07, 6.45) is 12.8. The monoisotopic (exact) mass is 231 g/mol. The summed E-state index contributed by atoms with van der Waals surface area (Å²) in [6.45, 7) is 6.63. The molecule has 0 fully saturated rings. The molecular weight excluding hydrogens is 206 g/mol. The van der Waals surface area contributed by atoms with E-state index in [4.69, 9.17) is 0 Å². The van der Waals surface area contributed by atoms with E-state index in [9.17, 15) is 5.26 Å². The van der Waals surface area contributed by atoms with E-state index in [1.807, 2.05) is 0 Å². The van der Waals surface area contributed by atoms with Gasteiger partial charge in [-0.15, -0.1) is 0 Å². The highest BCUT2D eigenvalue weighted by Gasteiger charge is 2.21. The fourth-order valence-corrected chi connectivity index (χ4v) is 2.30. The van der Waals surface area contributed by atoms with Gasteiger partial charge in [0.15, 0.2) is 0 Å². The third-order valence-electron chi connectivity index (χ3n) is 3.95. The molecule has 0 N–H and O–H groups in total. The van der Waals surface area contributed by atoms with Gasteiger partial charge in [0.25, 0.3) is 0 Å². The highest BCUT2D eigenvalue weighted by molar-refractivity contribution is 5.30. The SMILES string of the molecule is C/C1=C(/C#N)CCCCCC/C=C/CC1(C)C. The van der Waals surface area contributed by atoms with Crippen molar-refractivity contribution in [2.45, 2.75) is 65.7 Å². The molecule has 0 spiro atoms. The number of hydrogen-bond donors (Lipinski definition) is 0. The molecule has 0 aromatic rings. The van der Waals surface area contributed by atoms with Crippen molar-refractivity contribution in [1.29, 1.82) is 5.26 Å². The maximum absolute atomic E-state index is 9.27. The zero-order valence-corrected chi connectivity index (χ0v) is 11.6. The molecule has 1 rings (SSSR count). The fraction of sp³-hybridized carbons (Fsp3) is 0.688. The first-order valence-electron chi connectivity index (χ1n) is 6.83. The van der Waals surface area contributed by atoms with Gasteiger partial charge in [0, 0.05) is 5.57 Å². The van der Waals surface area contributed by atoms with Gasteiger partial charge in [-0.1, -0.05) is 44.4 Å². The Morgan fingerprint density at radius 2 is 1.82 bits per heavy atom. The Kier molecular flexibility index (Phi) is 5.48. The molecule has 0 aliphatic heterocycles. The standard InChI is InChI=1S/C16H25N/c1-14-15(13-17)11-9-7-5-4-6-8-10-12-16(14,2)3/h8,10H,4-7,9,11-12H2,1-3H3/b10-8+,15-14-. The van der Waals surface area contributed by atoms with Gasteiger partial charge in [0.1, 0.15) is 0 Å². The minimum atomic E-state index is 0.126. The Morgan fingerprint density at radius 3 is 2.53 bits per heavy atom. The van der Waals surface area contributed by atoms with Crippen molar-refractivity contribution in [3.05, 3.63) is 23.3 Å². The molecule has 0 saturated heterocycles. The number of nitriles is 1. The molecule has 17 heavy (non-hydrogen) atoms. The van der Waals surface area contributed by atoms with E-state index in [1.54, 1.807) is 0 Å². The van der Waals surface area contributed by atoms with E-state index in [0.717, 1.165) is 18.4 Å². The van der Waals surface area contributed by atoms with Crippen LogP contribution in [0.15, 0.2) is 23.3 Å². The molecule has 1 aliphatic carbocycles. The quantitative estimate of drug-likeness (QED) is 0.529. The summed E-state index contributed by atoms with van der Waals surface area (Å²) in [5.74, 6) is 0. The molecule has 0 bridgehead atoms. The first-order valence-corrected chi connectivity index (χ1v) is 6.83. The lowest BCUT2D eigenvalue weighted by atomic mass is 9.78. The van der Waals surface area contributed by atoms with E-state index < -0.39 is 0 Å². The normalized spacial score (nSPS) is 28.6. The van der Waals surface area contributed by atoms with Crippen molar-refractivity contribution in [3.63, 3.8) is 0 Å². The van der Waals surface area contributed by atoms with E-state index >= 15 is 0 Å². The van der Waals surface area contributed by atoms with Crippen LogP contribution in [-0.2, 0) is 0 Å². The van der Waals surface area contributed by atoms with Gasteiger partial charge in [0.2, 0.25) is 0 Å². The Balaban J connectivity index is 2.89. The molecule has 94 valence electrons. The topological polar surface area (TPSA) is 23.8 Å². The van der Waals surface area contributed by atoms with Gasteiger partial charge >= 0.3 is 0 Å². The van der Waals surface area contributed by atoms with Crippen LogP contribution < -0.4 is 0 Å². The molecule has 0 atom stereocenters. The highest BCUT2D eigenvalue weighted by Crippen LogP contribution is 2.34. The fourth-order valence-electron chi connectivity index (χ4n) is 2.30. The first kappa shape index (κ1) is 14.0. The average molecular weight is 231 g/mol. The van der Waals surface area contributed by atoms with Gasteiger partial charge in [-0.25, -0.2) is 0 Å². The van der Waals surface area contributed by atoms with Crippen molar-refractivity contribution in [2.75, 3.05) is 0 Å². The molecule has 1 nitrogen and oxygen atoms in total. The largest absolute Gasteiger partial charge is 0.193 e. The predicted molar refractivity (Wildman–Crippen MR) is 73.6 cm³/mol. The Hall–Kier alpha value is -1.03. The number of rotatable bonds is 0. The van der Waals surface area contributed by atoms with Gasteiger partial charge in [-0.05, 0) is 44.4 Å². The van der Waals surface area contributed by atoms with E-state index in [0.29, 0.717) is 0 Å². The summed E-state index contributed by atoms with van der Waals surface area (Å²) >= 11 is 0. The van der Waals surface area contributed by atoms with E-state index in [1.165, 1.54) is 37.7 Å². The highest BCUT2D eigenvalue weighted by atomic mass is 14.3. The molecule has 0 aromatic carbocycles. The maximum Gasteiger partial charge on any atom is 0.0946 e. The molecule has 0 saturated carbocycles. The third-order valence-corrected chi connectivity index (χ3v) is 3.95. The lowest BCUT2D eigenvalue weighted by Gasteiger charge is -2.26. The zero-order valence-electron chi connectivity index (χ0n) is 11.6. The minimum Gasteiger partial charge on any atom is -0.193 e. The summed E-state index contributed by atoms with van der Waals surface area (Å²) < 4.78 is 0. The molecule has 1 aliphatic rings. The van der Waals surface area contributed by atoms with E-state index in [2.05, 4.69) is 39.0 Å². The molecule has 0 unspecified atom stereocenters. The summed E-state index contributed by atoms with van der Waals surface area (Å²) in [5, 5.41) is 9.27. The zero-order chi connectivity index (χ0) is 12.7. The van der Waals surface area contributed by atoms with Gasteiger partial charge in [-0.2, -0.15) is 5.26 Å². The van der Waals surface area contributed by atoms with Crippen LogP contribution >= 0.6 is 0 Å². The summed E-state index contributed by atoms with van der Waals surface area (Å²) in [7, 11) is 0. The number of allylic oxidation sites excluding steroid dienone is 4. The van der Waals surface area contributed by atoms with Crippen LogP contribution in [0.3, 0.4) is 0 Å². The number of hydrogen-bond acceptors (Lipinski definition) is 1. The summed E-state index contributed by atoms with van der Waals surface area (Å²) in [5.41, 5.74) is 2.43. The van der Waals surface area contributed by atoms with E-state index in [-0.39, 0.29) is 5.41 Å². The van der Waals surface area contributed by atoms with Gasteiger partial charge < -0.3 is 0 Å². The van der Waals surface area contributed by atoms with Crippen LogP contribution in [0.1, 0.15) is 65.7 Å². The summed E-state index contributed by atoms with van der Waals surface area (Å²) in [4.78, 5) is 0. The van der Waals surface area contributed by atoms with Crippen LogP contribution in [-0.4, -0.2) is 0 Å². The maximum atomic E-state index is 9.27. The van der Waals surface area contributed by atoms with Crippen LogP contribution in [0.2, 0.25) is 0 Å². The molecule has 0 radical (unpaired) electrons. The van der Waals surface area contributed by atoms with Crippen molar-refractivity contribution in [3.8, 4) is 6.07 Å². The van der Waals surface area contributed by atoms with Crippen molar-refractivity contribution in [1.82, 2.24) is 0 Å². The molecule has 0 heterocycles. The molecule has 0 amide bonds. The Labute approximate surface area is 106 Å².